The average molecular weight is 337 g/mol. The lowest BCUT2D eigenvalue weighted by molar-refractivity contribution is 0.545. The van der Waals surface area contributed by atoms with Crippen LogP contribution in [0, 0.1) is 6.92 Å². The van der Waals surface area contributed by atoms with Crippen LogP contribution in [0.2, 0.25) is 0 Å². The van der Waals surface area contributed by atoms with Crippen LogP contribution in [0.15, 0.2) is 22.8 Å². The zero-order chi connectivity index (χ0) is 14.7. The summed E-state index contributed by atoms with van der Waals surface area (Å²) in [7, 11) is 3.97. The van der Waals surface area contributed by atoms with Gasteiger partial charge in [-0.05, 0) is 48.0 Å². The van der Waals surface area contributed by atoms with E-state index in [0.29, 0.717) is 0 Å². The maximum absolute atomic E-state index is 4.55. The van der Waals surface area contributed by atoms with Crippen molar-refractivity contribution in [3.8, 4) is 0 Å². The molecule has 0 aliphatic rings. The minimum atomic E-state index is 0.188. The van der Waals surface area contributed by atoms with E-state index in [2.05, 4.69) is 51.2 Å². The van der Waals surface area contributed by atoms with Crippen molar-refractivity contribution in [1.82, 2.24) is 20.1 Å². The normalized spacial score (nSPS) is 12.7. The van der Waals surface area contributed by atoms with Crippen LogP contribution in [0.3, 0.4) is 0 Å². The molecule has 1 unspecified atom stereocenters. The van der Waals surface area contributed by atoms with Gasteiger partial charge in [-0.1, -0.05) is 13.0 Å². The van der Waals surface area contributed by atoms with Gasteiger partial charge in [0.05, 0.1) is 27.6 Å². The Balaban J connectivity index is 2.32. The lowest BCUT2D eigenvalue weighted by Gasteiger charge is -2.18. The summed E-state index contributed by atoms with van der Waals surface area (Å²) in [6.45, 7) is 4.22. The number of pyridine rings is 1. The number of hydrogen-bond acceptors (Lipinski definition) is 3. The molecule has 1 atom stereocenters. The lowest BCUT2D eigenvalue weighted by atomic mass is 10.0. The Morgan fingerprint density at radius 1 is 1.45 bits per heavy atom. The average Bonchev–Trinajstić information content (AvgIpc) is 2.72. The van der Waals surface area contributed by atoms with E-state index < -0.39 is 0 Å². The predicted molar refractivity (Wildman–Crippen MR) is 84.8 cm³/mol. The standard InChI is InChI=1S/C15H21BrN4/c1-5-11-14(16)13(20(4)19-11)9-12(17-3)15-10(2)7-6-8-18-15/h6-8,12,17H,5,9H2,1-4H3. The molecule has 2 aromatic heterocycles. The molecular weight excluding hydrogens is 316 g/mol. The third kappa shape index (κ3) is 2.94. The number of nitrogens with one attached hydrogen (secondary N) is 1. The Morgan fingerprint density at radius 2 is 2.20 bits per heavy atom. The van der Waals surface area contributed by atoms with Crippen LogP contribution >= 0.6 is 15.9 Å². The van der Waals surface area contributed by atoms with Crippen LogP contribution in [0.4, 0.5) is 0 Å². The number of halogens is 1. The van der Waals surface area contributed by atoms with Crippen molar-refractivity contribution in [2.45, 2.75) is 32.7 Å². The van der Waals surface area contributed by atoms with E-state index in [1.165, 1.54) is 11.3 Å². The van der Waals surface area contributed by atoms with Crippen LogP contribution in [0.25, 0.3) is 0 Å². The summed E-state index contributed by atoms with van der Waals surface area (Å²) in [4.78, 5) is 4.52. The van der Waals surface area contributed by atoms with Gasteiger partial charge in [0.15, 0.2) is 0 Å². The van der Waals surface area contributed by atoms with Gasteiger partial charge in [-0.25, -0.2) is 0 Å². The quantitative estimate of drug-likeness (QED) is 0.912. The summed E-state index contributed by atoms with van der Waals surface area (Å²) in [5.41, 5.74) is 4.61. The second-order valence-corrected chi connectivity index (χ2v) is 5.73. The molecule has 0 spiro atoms. The van der Waals surface area contributed by atoms with E-state index in [0.717, 1.165) is 28.7 Å². The van der Waals surface area contributed by atoms with Crippen LogP contribution < -0.4 is 5.32 Å². The van der Waals surface area contributed by atoms with Crippen molar-refractivity contribution in [1.29, 1.82) is 0 Å². The highest BCUT2D eigenvalue weighted by Crippen LogP contribution is 2.27. The van der Waals surface area contributed by atoms with E-state index in [4.69, 9.17) is 0 Å². The first-order valence-electron chi connectivity index (χ1n) is 6.87. The Morgan fingerprint density at radius 3 is 2.75 bits per heavy atom. The molecule has 108 valence electrons. The molecule has 1 N–H and O–H groups in total. The maximum Gasteiger partial charge on any atom is 0.0766 e. The molecule has 5 heteroatoms. The van der Waals surface area contributed by atoms with E-state index in [1.807, 2.05) is 31.0 Å². The summed E-state index contributed by atoms with van der Waals surface area (Å²) in [6.07, 6.45) is 3.64. The van der Waals surface area contributed by atoms with Gasteiger partial charge in [0.25, 0.3) is 0 Å². The topological polar surface area (TPSA) is 42.7 Å². The van der Waals surface area contributed by atoms with Gasteiger partial charge in [-0.3, -0.25) is 9.67 Å². The van der Waals surface area contributed by atoms with Gasteiger partial charge in [0.2, 0.25) is 0 Å². The number of rotatable bonds is 5. The van der Waals surface area contributed by atoms with Crippen molar-refractivity contribution < 1.29 is 0 Å². The molecule has 2 heterocycles. The predicted octanol–water partition coefficient (Wildman–Crippen LogP) is 2.95. The Kier molecular flexibility index (Phi) is 4.94. The fraction of sp³-hybridized carbons (Fsp3) is 0.467. The van der Waals surface area contributed by atoms with Crippen molar-refractivity contribution in [2.75, 3.05) is 7.05 Å². The highest BCUT2D eigenvalue weighted by atomic mass is 79.9. The van der Waals surface area contributed by atoms with Crippen molar-refractivity contribution in [2.24, 2.45) is 7.05 Å². The molecule has 20 heavy (non-hydrogen) atoms. The molecule has 2 aromatic rings. The minimum absolute atomic E-state index is 0.188. The molecule has 0 fully saturated rings. The number of aromatic nitrogens is 3. The lowest BCUT2D eigenvalue weighted by Crippen LogP contribution is -2.22. The summed E-state index contributed by atoms with van der Waals surface area (Å²) in [5, 5.41) is 7.92. The Labute approximate surface area is 128 Å². The minimum Gasteiger partial charge on any atom is -0.311 e. The summed E-state index contributed by atoms with van der Waals surface area (Å²) in [6, 6.07) is 4.26. The summed E-state index contributed by atoms with van der Waals surface area (Å²) in [5.74, 6) is 0. The van der Waals surface area contributed by atoms with Gasteiger partial charge in [-0.2, -0.15) is 5.10 Å². The zero-order valence-corrected chi connectivity index (χ0v) is 14.0. The highest BCUT2D eigenvalue weighted by molar-refractivity contribution is 9.10. The third-order valence-corrected chi connectivity index (χ3v) is 4.54. The SMILES string of the molecule is CCc1nn(C)c(CC(NC)c2ncccc2C)c1Br. The second kappa shape index (κ2) is 6.50. The molecular formula is C15H21BrN4. The molecule has 0 aromatic carbocycles. The fourth-order valence-electron chi connectivity index (χ4n) is 2.43. The van der Waals surface area contributed by atoms with Crippen molar-refractivity contribution >= 4 is 15.9 Å². The van der Waals surface area contributed by atoms with Gasteiger partial charge < -0.3 is 5.32 Å². The number of nitrogens with zero attached hydrogens (tertiary/aromatic N) is 3. The Hall–Kier alpha value is -1.20. The first kappa shape index (κ1) is 15.2. The van der Waals surface area contributed by atoms with E-state index in [9.17, 15) is 0 Å². The Bertz CT molecular complexity index is 592. The van der Waals surface area contributed by atoms with E-state index in [1.54, 1.807) is 0 Å². The van der Waals surface area contributed by atoms with E-state index in [-0.39, 0.29) is 6.04 Å². The first-order valence-corrected chi connectivity index (χ1v) is 7.66. The molecule has 0 radical (unpaired) electrons. The molecule has 4 nitrogen and oxygen atoms in total. The van der Waals surface area contributed by atoms with Crippen LogP contribution in [-0.4, -0.2) is 21.8 Å². The number of hydrogen-bond donors (Lipinski definition) is 1. The number of likely N-dealkylation sites (N-methyl/N-ethyl adjacent to an activating group) is 1. The monoisotopic (exact) mass is 336 g/mol. The zero-order valence-electron chi connectivity index (χ0n) is 12.4. The third-order valence-electron chi connectivity index (χ3n) is 3.63. The van der Waals surface area contributed by atoms with Crippen LogP contribution in [0.1, 0.15) is 35.6 Å². The molecule has 2 rings (SSSR count). The van der Waals surface area contributed by atoms with Gasteiger partial charge in [-0.15, -0.1) is 0 Å². The number of aryl methyl sites for hydroxylation is 3. The molecule has 0 aliphatic heterocycles. The fourth-order valence-corrected chi connectivity index (χ4v) is 3.21. The smallest absolute Gasteiger partial charge is 0.0766 e. The molecule has 0 bridgehead atoms. The second-order valence-electron chi connectivity index (χ2n) is 4.94. The molecule has 0 saturated heterocycles. The largest absolute Gasteiger partial charge is 0.311 e. The van der Waals surface area contributed by atoms with Crippen molar-refractivity contribution in [3.63, 3.8) is 0 Å². The summed E-state index contributed by atoms with van der Waals surface area (Å²) < 4.78 is 3.09. The van der Waals surface area contributed by atoms with Crippen LogP contribution in [-0.2, 0) is 19.9 Å². The maximum atomic E-state index is 4.55. The van der Waals surface area contributed by atoms with Gasteiger partial charge in [0.1, 0.15) is 0 Å². The van der Waals surface area contributed by atoms with Crippen molar-refractivity contribution in [3.05, 3.63) is 45.4 Å². The van der Waals surface area contributed by atoms with Crippen LogP contribution in [0.5, 0.6) is 0 Å². The van der Waals surface area contributed by atoms with Gasteiger partial charge >= 0.3 is 0 Å². The molecule has 0 amide bonds. The highest BCUT2D eigenvalue weighted by Gasteiger charge is 2.19. The molecule has 0 aliphatic carbocycles. The first-order chi connectivity index (χ1) is 9.58. The van der Waals surface area contributed by atoms with E-state index >= 15 is 0 Å². The van der Waals surface area contributed by atoms with Gasteiger partial charge in [0, 0.05) is 19.7 Å². The summed E-state index contributed by atoms with van der Waals surface area (Å²) >= 11 is 3.68. The molecule has 0 saturated carbocycles.